The van der Waals surface area contributed by atoms with Crippen LogP contribution in [0.2, 0.25) is 0 Å². The van der Waals surface area contributed by atoms with Gasteiger partial charge < -0.3 is 10.1 Å². The third-order valence-corrected chi connectivity index (χ3v) is 5.78. The number of nitrogens with zero attached hydrogens (tertiary/aromatic N) is 4. The van der Waals surface area contributed by atoms with Gasteiger partial charge >= 0.3 is 0 Å². The van der Waals surface area contributed by atoms with Gasteiger partial charge in [-0.1, -0.05) is 11.3 Å². The second-order valence-corrected chi connectivity index (χ2v) is 7.82. The Labute approximate surface area is 154 Å². The molecule has 1 aromatic carbocycles. The summed E-state index contributed by atoms with van der Waals surface area (Å²) in [5, 5.41) is 8.77. The molecule has 8 heteroatoms. The highest BCUT2D eigenvalue weighted by Gasteiger charge is 2.32. The quantitative estimate of drug-likeness (QED) is 0.745. The number of hydrogen-bond acceptors (Lipinski definition) is 6. The molecule has 0 spiro atoms. The Morgan fingerprint density at radius 3 is 2.88 bits per heavy atom. The lowest BCUT2D eigenvalue weighted by Crippen LogP contribution is -2.46. The van der Waals surface area contributed by atoms with Gasteiger partial charge in [0.1, 0.15) is 5.82 Å². The molecule has 1 saturated heterocycles. The fraction of sp³-hybridized carbons (Fsp3) is 0.444. The molecule has 3 aromatic rings. The first-order chi connectivity index (χ1) is 12.7. The molecule has 2 aromatic heterocycles. The van der Waals surface area contributed by atoms with Crippen molar-refractivity contribution in [2.24, 2.45) is 0 Å². The summed E-state index contributed by atoms with van der Waals surface area (Å²) in [6.07, 6.45) is 4.74. The molecule has 1 atom stereocenters. The number of fused-ring (bicyclic) bond motifs is 1. The van der Waals surface area contributed by atoms with Crippen molar-refractivity contribution in [1.82, 2.24) is 19.5 Å². The zero-order valence-corrected chi connectivity index (χ0v) is 15.1. The maximum atomic E-state index is 13.1. The molecule has 136 valence electrons. The molecule has 0 amide bonds. The van der Waals surface area contributed by atoms with E-state index in [4.69, 9.17) is 4.74 Å². The van der Waals surface area contributed by atoms with Crippen molar-refractivity contribution in [2.45, 2.75) is 25.0 Å². The van der Waals surface area contributed by atoms with Gasteiger partial charge in [0.05, 0.1) is 24.6 Å². The second-order valence-electron chi connectivity index (χ2n) is 6.87. The van der Waals surface area contributed by atoms with Gasteiger partial charge in [0.2, 0.25) is 10.1 Å². The summed E-state index contributed by atoms with van der Waals surface area (Å²) >= 11 is 1.51. The Morgan fingerprint density at radius 1 is 1.27 bits per heavy atom. The Balaban J connectivity index is 1.24. The molecule has 1 unspecified atom stereocenters. The number of rotatable bonds is 5. The Morgan fingerprint density at radius 2 is 2.12 bits per heavy atom. The van der Waals surface area contributed by atoms with Crippen molar-refractivity contribution in [3.63, 3.8) is 0 Å². The molecule has 0 radical (unpaired) electrons. The van der Waals surface area contributed by atoms with Gasteiger partial charge in [-0.15, -0.1) is 5.10 Å². The summed E-state index contributed by atoms with van der Waals surface area (Å²) in [7, 11) is 0. The van der Waals surface area contributed by atoms with E-state index in [1.165, 1.54) is 36.3 Å². The van der Waals surface area contributed by atoms with E-state index in [2.05, 4.69) is 20.3 Å². The summed E-state index contributed by atoms with van der Waals surface area (Å²) in [5.74, 6) is -0.246. The number of nitrogens with one attached hydrogen (secondary N) is 1. The minimum atomic E-state index is -0.246. The van der Waals surface area contributed by atoms with E-state index in [-0.39, 0.29) is 11.9 Å². The van der Waals surface area contributed by atoms with Crippen LogP contribution in [0.15, 0.2) is 30.5 Å². The number of benzene rings is 1. The number of anilines is 1. The minimum Gasteiger partial charge on any atom is -0.374 e. The molecular weight excluding hydrogens is 353 g/mol. The molecule has 2 aliphatic rings. The highest BCUT2D eigenvalue weighted by molar-refractivity contribution is 7.20. The Kier molecular flexibility index (Phi) is 4.11. The molecule has 1 aliphatic carbocycles. The average molecular weight is 373 g/mol. The number of morpholine rings is 1. The van der Waals surface area contributed by atoms with E-state index in [9.17, 15) is 4.39 Å². The zero-order chi connectivity index (χ0) is 17.5. The van der Waals surface area contributed by atoms with Gasteiger partial charge in [-0.3, -0.25) is 4.90 Å². The maximum absolute atomic E-state index is 13.1. The standard InChI is InChI=1S/C18H20FN5OS/c19-13-3-1-12(2-4-13)16-11-24-18(21-16)26-17(22-24)20-9-15-10-23(7-8-25-15)14-5-6-14/h1-4,11,14-15H,5-10H2,(H,20,22). The third kappa shape index (κ3) is 3.32. The van der Waals surface area contributed by atoms with Crippen LogP contribution in [0.4, 0.5) is 9.52 Å². The SMILES string of the molecule is Fc1ccc(-c2cn3nc(NCC4CN(C5CC5)CCO4)sc3n2)cc1. The molecule has 3 heterocycles. The highest BCUT2D eigenvalue weighted by atomic mass is 32.1. The van der Waals surface area contributed by atoms with Crippen molar-refractivity contribution >= 4 is 21.4 Å². The van der Waals surface area contributed by atoms with Crippen LogP contribution in [0.3, 0.4) is 0 Å². The van der Waals surface area contributed by atoms with Crippen molar-refractivity contribution in [2.75, 3.05) is 31.6 Å². The van der Waals surface area contributed by atoms with Gasteiger partial charge in [0, 0.05) is 31.2 Å². The summed E-state index contributed by atoms with van der Waals surface area (Å²) in [6.45, 7) is 3.61. The fourth-order valence-electron chi connectivity index (χ4n) is 3.37. The van der Waals surface area contributed by atoms with Crippen molar-refractivity contribution in [3.8, 4) is 11.3 Å². The van der Waals surface area contributed by atoms with Gasteiger partial charge in [0.15, 0.2) is 0 Å². The van der Waals surface area contributed by atoms with Crippen LogP contribution in [0.25, 0.3) is 16.2 Å². The van der Waals surface area contributed by atoms with Crippen molar-refractivity contribution in [3.05, 3.63) is 36.3 Å². The normalized spacial score (nSPS) is 21.3. The third-order valence-electron chi connectivity index (χ3n) is 4.90. The van der Waals surface area contributed by atoms with Crippen LogP contribution >= 0.6 is 11.3 Å². The average Bonchev–Trinajstić information content (AvgIpc) is 3.33. The first kappa shape index (κ1) is 16.2. The minimum absolute atomic E-state index is 0.204. The van der Waals surface area contributed by atoms with Crippen LogP contribution in [0.1, 0.15) is 12.8 Å². The number of imidazole rings is 1. The summed E-state index contributed by atoms with van der Waals surface area (Å²) in [5.41, 5.74) is 1.68. The summed E-state index contributed by atoms with van der Waals surface area (Å²) in [6, 6.07) is 7.13. The van der Waals surface area contributed by atoms with E-state index in [0.717, 1.165) is 53.6 Å². The number of ether oxygens (including phenoxy) is 1. The number of aromatic nitrogens is 3. The zero-order valence-electron chi connectivity index (χ0n) is 14.3. The lowest BCUT2D eigenvalue weighted by atomic mass is 10.2. The highest BCUT2D eigenvalue weighted by Crippen LogP contribution is 2.28. The fourth-order valence-corrected chi connectivity index (χ4v) is 4.16. The van der Waals surface area contributed by atoms with Gasteiger partial charge in [-0.05, 0) is 37.1 Å². The predicted octanol–water partition coefficient (Wildman–Crippen LogP) is 2.87. The van der Waals surface area contributed by atoms with E-state index in [1.54, 1.807) is 16.6 Å². The lowest BCUT2D eigenvalue weighted by Gasteiger charge is -2.32. The van der Waals surface area contributed by atoms with E-state index < -0.39 is 0 Å². The smallest absolute Gasteiger partial charge is 0.214 e. The predicted molar refractivity (Wildman–Crippen MR) is 99.1 cm³/mol. The van der Waals surface area contributed by atoms with Crippen LogP contribution in [-0.4, -0.2) is 57.9 Å². The van der Waals surface area contributed by atoms with Crippen molar-refractivity contribution in [1.29, 1.82) is 0 Å². The molecule has 6 nitrogen and oxygen atoms in total. The number of halogens is 1. The molecule has 1 aliphatic heterocycles. The molecular formula is C18H20FN5OS. The molecule has 1 N–H and O–H groups in total. The van der Waals surface area contributed by atoms with E-state index in [0.29, 0.717) is 0 Å². The molecule has 2 fully saturated rings. The topological polar surface area (TPSA) is 54.7 Å². The van der Waals surface area contributed by atoms with Crippen LogP contribution in [0.5, 0.6) is 0 Å². The van der Waals surface area contributed by atoms with Gasteiger partial charge in [-0.25, -0.2) is 13.9 Å². The monoisotopic (exact) mass is 373 g/mol. The molecule has 0 bridgehead atoms. The first-order valence-corrected chi connectivity index (χ1v) is 9.78. The second kappa shape index (κ2) is 6.61. The number of hydrogen-bond donors (Lipinski definition) is 1. The Bertz CT molecular complexity index is 873. The summed E-state index contributed by atoms with van der Waals surface area (Å²) < 4.78 is 20.7. The Hall–Kier alpha value is -2.03. The van der Waals surface area contributed by atoms with Crippen LogP contribution in [0, 0.1) is 5.82 Å². The molecule has 5 rings (SSSR count). The van der Waals surface area contributed by atoms with Gasteiger partial charge in [-0.2, -0.15) is 0 Å². The summed E-state index contributed by atoms with van der Waals surface area (Å²) in [4.78, 5) is 7.95. The molecule has 26 heavy (non-hydrogen) atoms. The van der Waals surface area contributed by atoms with E-state index >= 15 is 0 Å². The first-order valence-electron chi connectivity index (χ1n) is 8.96. The maximum Gasteiger partial charge on any atom is 0.214 e. The van der Waals surface area contributed by atoms with Crippen LogP contribution < -0.4 is 5.32 Å². The van der Waals surface area contributed by atoms with Gasteiger partial charge in [0.25, 0.3) is 0 Å². The largest absolute Gasteiger partial charge is 0.374 e. The molecule has 1 saturated carbocycles. The lowest BCUT2D eigenvalue weighted by molar-refractivity contribution is -0.0241. The van der Waals surface area contributed by atoms with E-state index in [1.807, 2.05) is 6.20 Å². The van der Waals surface area contributed by atoms with Crippen molar-refractivity contribution < 1.29 is 9.13 Å². The van der Waals surface area contributed by atoms with Crippen LogP contribution in [-0.2, 0) is 4.74 Å².